The first-order chi connectivity index (χ1) is 10.0. The maximum absolute atomic E-state index is 11.9. The van der Waals surface area contributed by atoms with E-state index < -0.39 is 0 Å². The van der Waals surface area contributed by atoms with Gasteiger partial charge in [-0.2, -0.15) is 0 Å². The molecule has 0 unspecified atom stereocenters. The predicted octanol–water partition coefficient (Wildman–Crippen LogP) is 3.35. The largest absolute Gasteiger partial charge is 0.393 e. The monoisotopic (exact) mass is 318 g/mol. The van der Waals surface area contributed by atoms with Gasteiger partial charge < -0.3 is 10.3 Å². The summed E-state index contributed by atoms with van der Waals surface area (Å²) in [5.41, 5.74) is 7.25. The van der Waals surface area contributed by atoms with Crippen LogP contribution in [0.5, 0.6) is 0 Å². The Morgan fingerprint density at radius 1 is 1.19 bits per heavy atom. The van der Waals surface area contributed by atoms with E-state index in [0.717, 1.165) is 11.1 Å². The van der Waals surface area contributed by atoms with E-state index in [2.05, 4.69) is 0 Å². The number of benzene rings is 1. The van der Waals surface area contributed by atoms with Gasteiger partial charge >= 0.3 is 0 Å². The lowest BCUT2D eigenvalue weighted by Crippen LogP contribution is -2.21. The minimum Gasteiger partial charge on any atom is -0.393 e. The summed E-state index contributed by atoms with van der Waals surface area (Å²) in [6, 6.07) is 11.0. The molecule has 0 saturated heterocycles. The summed E-state index contributed by atoms with van der Waals surface area (Å²) >= 11 is 10.6. The number of rotatable bonds is 5. The Morgan fingerprint density at radius 2 is 1.86 bits per heavy atom. The van der Waals surface area contributed by atoms with Crippen LogP contribution in [0.1, 0.15) is 17.5 Å². The smallest absolute Gasteiger partial charge is 0.251 e. The zero-order chi connectivity index (χ0) is 15.2. The first-order valence-corrected chi connectivity index (χ1v) is 7.26. The molecular formula is C16H15ClN2OS. The Morgan fingerprint density at radius 3 is 2.48 bits per heavy atom. The van der Waals surface area contributed by atoms with Crippen LogP contribution in [0.25, 0.3) is 12.2 Å². The van der Waals surface area contributed by atoms with Gasteiger partial charge in [0.15, 0.2) is 0 Å². The highest BCUT2D eigenvalue weighted by molar-refractivity contribution is 7.80. The molecular weight excluding hydrogens is 304 g/mol. The van der Waals surface area contributed by atoms with Gasteiger partial charge in [0.1, 0.15) is 0 Å². The van der Waals surface area contributed by atoms with E-state index in [-0.39, 0.29) is 5.56 Å². The quantitative estimate of drug-likeness (QED) is 0.860. The molecule has 0 bridgehead atoms. The van der Waals surface area contributed by atoms with Crippen molar-refractivity contribution >= 4 is 41.0 Å². The van der Waals surface area contributed by atoms with Crippen LogP contribution in [0.4, 0.5) is 0 Å². The predicted molar refractivity (Wildman–Crippen MR) is 92.5 cm³/mol. The standard InChI is InChI=1S/C16H15ClN2OS/c17-14-5-3-12(4-6-14)1-2-13-7-9-19(16(20)11-13)10-8-15(18)21/h1-7,9,11H,8,10H2,(H2,18,21)/b2-1+. The van der Waals surface area contributed by atoms with Crippen LogP contribution in [-0.2, 0) is 6.54 Å². The molecule has 2 rings (SSSR count). The van der Waals surface area contributed by atoms with Gasteiger partial charge in [-0.1, -0.05) is 48.1 Å². The first kappa shape index (κ1) is 15.5. The lowest BCUT2D eigenvalue weighted by Gasteiger charge is -2.04. The summed E-state index contributed by atoms with van der Waals surface area (Å²) in [4.78, 5) is 12.3. The SMILES string of the molecule is NC(=S)CCn1ccc(/C=C/c2ccc(Cl)cc2)cc1=O. The Bertz CT molecular complexity index is 720. The van der Waals surface area contributed by atoms with Crippen molar-refractivity contribution in [1.82, 2.24) is 4.57 Å². The van der Waals surface area contributed by atoms with Gasteiger partial charge in [-0.3, -0.25) is 4.79 Å². The molecule has 2 aromatic rings. The number of thiocarbonyl (C=S) groups is 1. The molecule has 2 N–H and O–H groups in total. The normalized spacial score (nSPS) is 10.9. The molecule has 0 radical (unpaired) electrons. The molecule has 1 heterocycles. The number of pyridine rings is 1. The second kappa shape index (κ2) is 7.20. The minimum absolute atomic E-state index is 0.0653. The number of aryl methyl sites for hydroxylation is 1. The molecule has 21 heavy (non-hydrogen) atoms. The maximum Gasteiger partial charge on any atom is 0.251 e. The lowest BCUT2D eigenvalue weighted by atomic mass is 10.1. The van der Waals surface area contributed by atoms with Gasteiger partial charge in [-0.05, 0) is 29.3 Å². The highest BCUT2D eigenvalue weighted by Crippen LogP contribution is 2.12. The minimum atomic E-state index is -0.0653. The lowest BCUT2D eigenvalue weighted by molar-refractivity contribution is 0.695. The molecule has 5 heteroatoms. The molecule has 108 valence electrons. The first-order valence-electron chi connectivity index (χ1n) is 6.47. The maximum atomic E-state index is 11.9. The number of hydrogen-bond donors (Lipinski definition) is 1. The Labute approximate surface area is 133 Å². The number of nitrogens with zero attached hydrogens (tertiary/aromatic N) is 1. The molecule has 1 aromatic carbocycles. The number of nitrogens with two attached hydrogens (primary N) is 1. The second-order valence-electron chi connectivity index (χ2n) is 4.59. The van der Waals surface area contributed by atoms with Crippen LogP contribution in [-0.4, -0.2) is 9.56 Å². The molecule has 0 aliphatic heterocycles. The molecule has 0 spiro atoms. The Kier molecular flexibility index (Phi) is 5.31. The highest BCUT2D eigenvalue weighted by atomic mass is 35.5. The van der Waals surface area contributed by atoms with E-state index >= 15 is 0 Å². The molecule has 0 saturated carbocycles. The van der Waals surface area contributed by atoms with Crippen LogP contribution in [0.15, 0.2) is 47.4 Å². The van der Waals surface area contributed by atoms with Crippen molar-refractivity contribution in [2.24, 2.45) is 5.73 Å². The van der Waals surface area contributed by atoms with Crippen LogP contribution < -0.4 is 11.3 Å². The van der Waals surface area contributed by atoms with Crippen LogP contribution in [0, 0.1) is 0 Å². The fourth-order valence-corrected chi connectivity index (χ4v) is 2.03. The third kappa shape index (κ3) is 4.85. The van der Waals surface area contributed by atoms with Gasteiger partial charge in [0.2, 0.25) is 0 Å². The van der Waals surface area contributed by atoms with Gasteiger partial charge in [0.25, 0.3) is 5.56 Å². The summed E-state index contributed by atoms with van der Waals surface area (Å²) in [6.45, 7) is 0.509. The Hall–Kier alpha value is -1.91. The molecule has 0 aliphatic rings. The van der Waals surface area contributed by atoms with E-state index in [1.807, 2.05) is 42.5 Å². The molecule has 3 nitrogen and oxygen atoms in total. The van der Waals surface area contributed by atoms with Crippen molar-refractivity contribution in [2.45, 2.75) is 13.0 Å². The molecule has 0 fully saturated rings. The van der Waals surface area contributed by atoms with Crippen LogP contribution in [0.2, 0.25) is 5.02 Å². The van der Waals surface area contributed by atoms with Crippen molar-refractivity contribution < 1.29 is 0 Å². The number of hydrogen-bond acceptors (Lipinski definition) is 2. The van der Waals surface area contributed by atoms with Crippen molar-refractivity contribution in [1.29, 1.82) is 0 Å². The van der Waals surface area contributed by atoms with Gasteiger partial charge in [-0.15, -0.1) is 0 Å². The molecule has 0 aliphatic carbocycles. The second-order valence-corrected chi connectivity index (χ2v) is 5.55. The summed E-state index contributed by atoms with van der Waals surface area (Å²) in [6.07, 6.45) is 6.10. The summed E-state index contributed by atoms with van der Waals surface area (Å²) in [7, 11) is 0. The van der Waals surface area contributed by atoms with Crippen LogP contribution in [0.3, 0.4) is 0 Å². The summed E-state index contributed by atoms with van der Waals surface area (Å²) in [5, 5.41) is 0.701. The summed E-state index contributed by atoms with van der Waals surface area (Å²) < 4.78 is 1.60. The van der Waals surface area contributed by atoms with Gasteiger partial charge in [0, 0.05) is 30.3 Å². The third-order valence-corrected chi connectivity index (χ3v) is 3.41. The van der Waals surface area contributed by atoms with Gasteiger partial charge in [0.05, 0.1) is 4.99 Å². The van der Waals surface area contributed by atoms with E-state index in [1.54, 1.807) is 16.8 Å². The zero-order valence-electron chi connectivity index (χ0n) is 11.3. The molecule has 1 aromatic heterocycles. The third-order valence-electron chi connectivity index (χ3n) is 2.96. The molecule has 0 amide bonds. The fraction of sp³-hybridized carbons (Fsp3) is 0.125. The summed E-state index contributed by atoms with van der Waals surface area (Å²) in [5.74, 6) is 0. The number of aromatic nitrogens is 1. The molecule has 0 atom stereocenters. The van der Waals surface area contributed by atoms with Gasteiger partial charge in [-0.25, -0.2) is 0 Å². The van der Waals surface area contributed by atoms with Crippen molar-refractivity contribution in [2.75, 3.05) is 0 Å². The average molecular weight is 319 g/mol. The zero-order valence-corrected chi connectivity index (χ0v) is 12.9. The van der Waals surface area contributed by atoms with Crippen molar-refractivity contribution in [3.05, 3.63) is 69.1 Å². The van der Waals surface area contributed by atoms with E-state index in [4.69, 9.17) is 29.6 Å². The van der Waals surface area contributed by atoms with E-state index in [9.17, 15) is 4.79 Å². The van der Waals surface area contributed by atoms with E-state index in [1.165, 1.54) is 0 Å². The fourth-order valence-electron chi connectivity index (χ4n) is 1.81. The van der Waals surface area contributed by atoms with E-state index in [0.29, 0.717) is 23.0 Å². The van der Waals surface area contributed by atoms with Crippen molar-refractivity contribution in [3.8, 4) is 0 Å². The number of halogens is 1. The Balaban J connectivity index is 2.11. The van der Waals surface area contributed by atoms with Crippen LogP contribution >= 0.6 is 23.8 Å². The average Bonchev–Trinajstić information content (AvgIpc) is 2.45. The highest BCUT2D eigenvalue weighted by Gasteiger charge is 1.98. The van der Waals surface area contributed by atoms with Crippen molar-refractivity contribution in [3.63, 3.8) is 0 Å². The topological polar surface area (TPSA) is 48.0 Å².